The molecule has 0 saturated carbocycles. The zero-order valence-corrected chi connectivity index (χ0v) is 10.8. The molecule has 0 radical (unpaired) electrons. The minimum absolute atomic E-state index is 0.175. The lowest BCUT2D eigenvalue weighted by molar-refractivity contribution is 0.0378. The monoisotopic (exact) mass is 265 g/mol. The molecule has 0 unspecified atom stereocenters. The number of ether oxygens (including phenoxy) is 1. The molecule has 0 aliphatic heterocycles. The van der Waals surface area contributed by atoms with E-state index >= 15 is 0 Å². The minimum Gasteiger partial charge on any atom is -0.459 e. The third-order valence-electron chi connectivity index (χ3n) is 2.23. The average Bonchev–Trinajstić information content (AvgIpc) is 2.80. The van der Waals surface area contributed by atoms with E-state index < -0.39 is 5.97 Å². The van der Waals surface area contributed by atoms with Crippen LogP contribution in [0.4, 0.5) is 0 Å². The molecule has 0 atom stereocenters. The summed E-state index contributed by atoms with van der Waals surface area (Å²) in [5.74, 6) is -0.426. The van der Waals surface area contributed by atoms with Gasteiger partial charge >= 0.3 is 5.97 Å². The lowest BCUT2D eigenvalue weighted by atomic mass is 10.2. The van der Waals surface area contributed by atoms with Crippen molar-refractivity contribution in [3.8, 4) is 5.69 Å². The standard InChI is InChI=1S/C12H12ClN3O2/c1-8(2)18-12(17)10-4-3-9(5-11(10)13)16-6-14-15-7-16/h3-8H,1-2H3. The van der Waals surface area contributed by atoms with Gasteiger partial charge in [0, 0.05) is 5.69 Å². The molecule has 0 aliphatic carbocycles. The van der Waals surface area contributed by atoms with Gasteiger partial charge in [-0.15, -0.1) is 10.2 Å². The molecule has 0 bridgehead atoms. The first-order chi connectivity index (χ1) is 8.58. The highest BCUT2D eigenvalue weighted by Crippen LogP contribution is 2.21. The molecule has 1 aromatic heterocycles. The van der Waals surface area contributed by atoms with Crippen LogP contribution in [0.1, 0.15) is 24.2 Å². The van der Waals surface area contributed by atoms with E-state index in [2.05, 4.69) is 10.2 Å². The first-order valence-corrected chi connectivity index (χ1v) is 5.81. The molecule has 0 aliphatic rings. The highest BCUT2D eigenvalue weighted by atomic mass is 35.5. The number of halogens is 1. The third-order valence-corrected chi connectivity index (χ3v) is 2.54. The quantitative estimate of drug-likeness (QED) is 0.800. The van der Waals surface area contributed by atoms with Gasteiger partial charge in [0.1, 0.15) is 12.7 Å². The second-order valence-electron chi connectivity index (χ2n) is 3.99. The van der Waals surface area contributed by atoms with Crippen LogP contribution in [0.2, 0.25) is 5.02 Å². The van der Waals surface area contributed by atoms with Crippen LogP contribution in [-0.4, -0.2) is 26.8 Å². The van der Waals surface area contributed by atoms with Gasteiger partial charge in [0.15, 0.2) is 0 Å². The lowest BCUT2D eigenvalue weighted by Crippen LogP contribution is -2.12. The number of hydrogen-bond acceptors (Lipinski definition) is 4. The molecule has 2 aromatic rings. The van der Waals surface area contributed by atoms with Gasteiger partial charge in [-0.25, -0.2) is 4.79 Å². The van der Waals surface area contributed by atoms with Gasteiger partial charge in [-0.2, -0.15) is 0 Å². The van der Waals surface area contributed by atoms with Crippen molar-refractivity contribution in [1.82, 2.24) is 14.8 Å². The summed E-state index contributed by atoms with van der Waals surface area (Å²) in [5.41, 5.74) is 1.13. The summed E-state index contributed by atoms with van der Waals surface area (Å²) in [6, 6.07) is 5.05. The fourth-order valence-electron chi connectivity index (χ4n) is 1.44. The van der Waals surface area contributed by atoms with Gasteiger partial charge < -0.3 is 4.74 Å². The number of nitrogens with zero attached hydrogens (tertiary/aromatic N) is 3. The van der Waals surface area contributed by atoms with E-state index in [0.717, 1.165) is 5.69 Å². The molecule has 1 heterocycles. The summed E-state index contributed by atoms with van der Waals surface area (Å²) in [4.78, 5) is 11.7. The Morgan fingerprint density at radius 2 is 2.00 bits per heavy atom. The second kappa shape index (κ2) is 5.18. The number of rotatable bonds is 3. The third kappa shape index (κ3) is 2.68. The molecular weight excluding hydrogens is 254 g/mol. The number of esters is 1. The molecule has 18 heavy (non-hydrogen) atoms. The summed E-state index contributed by atoms with van der Waals surface area (Å²) in [5, 5.41) is 7.75. The summed E-state index contributed by atoms with van der Waals surface area (Å²) in [7, 11) is 0. The van der Waals surface area contributed by atoms with Crippen LogP contribution in [0.3, 0.4) is 0 Å². The van der Waals surface area contributed by atoms with E-state index in [1.54, 1.807) is 49.3 Å². The van der Waals surface area contributed by atoms with Crippen LogP contribution in [0.25, 0.3) is 5.69 Å². The van der Waals surface area contributed by atoms with E-state index in [-0.39, 0.29) is 6.10 Å². The summed E-state index contributed by atoms with van der Waals surface area (Å²) >= 11 is 6.07. The normalized spacial score (nSPS) is 10.7. The van der Waals surface area contributed by atoms with Gasteiger partial charge in [0.05, 0.1) is 16.7 Å². The van der Waals surface area contributed by atoms with E-state index in [0.29, 0.717) is 10.6 Å². The Morgan fingerprint density at radius 1 is 1.33 bits per heavy atom. The van der Waals surface area contributed by atoms with E-state index in [9.17, 15) is 4.79 Å². The molecule has 6 heteroatoms. The number of benzene rings is 1. The Labute approximate surface area is 109 Å². The van der Waals surface area contributed by atoms with Crippen LogP contribution in [0.5, 0.6) is 0 Å². The van der Waals surface area contributed by atoms with Crippen molar-refractivity contribution in [2.45, 2.75) is 20.0 Å². The minimum atomic E-state index is -0.426. The number of hydrogen-bond donors (Lipinski definition) is 0. The topological polar surface area (TPSA) is 57.0 Å². The van der Waals surface area contributed by atoms with E-state index in [4.69, 9.17) is 16.3 Å². The fraction of sp³-hybridized carbons (Fsp3) is 0.250. The predicted octanol–water partition coefficient (Wildman–Crippen LogP) is 2.49. The molecule has 94 valence electrons. The van der Waals surface area contributed by atoms with Crippen molar-refractivity contribution in [3.05, 3.63) is 41.4 Å². The van der Waals surface area contributed by atoms with Crippen molar-refractivity contribution in [1.29, 1.82) is 0 Å². The molecule has 5 nitrogen and oxygen atoms in total. The van der Waals surface area contributed by atoms with E-state index in [1.807, 2.05) is 0 Å². The Morgan fingerprint density at radius 3 is 2.56 bits per heavy atom. The summed E-state index contributed by atoms with van der Waals surface area (Å²) < 4.78 is 6.79. The predicted molar refractivity (Wildman–Crippen MR) is 66.9 cm³/mol. The van der Waals surface area contributed by atoms with Gasteiger partial charge in [-0.1, -0.05) is 11.6 Å². The zero-order chi connectivity index (χ0) is 13.1. The highest BCUT2D eigenvalue weighted by molar-refractivity contribution is 6.33. The molecular formula is C12H12ClN3O2. The van der Waals surface area contributed by atoms with E-state index in [1.165, 1.54) is 0 Å². The highest BCUT2D eigenvalue weighted by Gasteiger charge is 2.14. The summed E-state index contributed by atoms with van der Waals surface area (Å²) in [6.07, 6.45) is 2.93. The first-order valence-electron chi connectivity index (χ1n) is 5.43. The number of aromatic nitrogens is 3. The smallest absolute Gasteiger partial charge is 0.339 e. The zero-order valence-electron chi connectivity index (χ0n) is 10.0. The van der Waals surface area contributed by atoms with Gasteiger partial charge in [-0.05, 0) is 32.0 Å². The van der Waals surface area contributed by atoms with Crippen LogP contribution in [0, 0.1) is 0 Å². The second-order valence-corrected chi connectivity index (χ2v) is 4.39. The maximum absolute atomic E-state index is 11.7. The Hall–Kier alpha value is -1.88. The van der Waals surface area contributed by atoms with Crippen LogP contribution >= 0.6 is 11.6 Å². The molecule has 0 N–H and O–H groups in total. The average molecular weight is 266 g/mol. The van der Waals surface area contributed by atoms with Gasteiger partial charge in [-0.3, -0.25) is 4.57 Å². The molecule has 0 fully saturated rings. The molecule has 0 spiro atoms. The maximum atomic E-state index is 11.7. The van der Waals surface area contributed by atoms with Crippen molar-refractivity contribution in [2.24, 2.45) is 0 Å². The lowest BCUT2D eigenvalue weighted by Gasteiger charge is -2.10. The summed E-state index contributed by atoms with van der Waals surface area (Å²) in [6.45, 7) is 3.58. The molecule has 2 rings (SSSR count). The molecule has 0 amide bonds. The van der Waals surface area contributed by atoms with Gasteiger partial charge in [0.2, 0.25) is 0 Å². The van der Waals surface area contributed by atoms with Crippen LogP contribution in [-0.2, 0) is 4.74 Å². The SMILES string of the molecule is CC(C)OC(=O)c1ccc(-n2cnnc2)cc1Cl. The molecule has 1 aromatic carbocycles. The number of carbonyl (C=O) groups is 1. The largest absolute Gasteiger partial charge is 0.459 e. The maximum Gasteiger partial charge on any atom is 0.339 e. The van der Waals surface area contributed by atoms with Gasteiger partial charge in [0.25, 0.3) is 0 Å². The van der Waals surface area contributed by atoms with Crippen molar-refractivity contribution >= 4 is 17.6 Å². The Kier molecular flexibility index (Phi) is 3.62. The van der Waals surface area contributed by atoms with Crippen LogP contribution in [0.15, 0.2) is 30.9 Å². The van der Waals surface area contributed by atoms with Crippen molar-refractivity contribution in [3.63, 3.8) is 0 Å². The Balaban J connectivity index is 2.28. The number of carbonyl (C=O) groups excluding carboxylic acids is 1. The fourth-order valence-corrected chi connectivity index (χ4v) is 1.69. The van der Waals surface area contributed by atoms with Crippen LogP contribution < -0.4 is 0 Å². The first kappa shape index (κ1) is 12.6. The van der Waals surface area contributed by atoms with Crippen molar-refractivity contribution in [2.75, 3.05) is 0 Å². The van der Waals surface area contributed by atoms with Crippen molar-refractivity contribution < 1.29 is 9.53 Å². The Bertz CT molecular complexity index is 552. The molecule has 0 saturated heterocycles.